The third-order valence-electron chi connectivity index (χ3n) is 3.19. The highest BCUT2D eigenvalue weighted by atomic mass is 32.2. The molecule has 1 unspecified atom stereocenters. The predicted octanol–water partition coefficient (Wildman–Crippen LogP) is 1.60. The molecule has 22 heavy (non-hydrogen) atoms. The number of sulfonamides is 1. The third kappa shape index (κ3) is 5.09. The fraction of sp³-hybridized carbons (Fsp3) is 0.667. The minimum absolute atomic E-state index is 0.0123. The van der Waals surface area contributed by atoms with Crippen molar-refractivity contribution in [2.75, 3.05) is 18.8 Å². The van der Waals surface area contributed by atoms with Crippen molar-refractivity contribution in [2.24, 2.45) is 0 Å². The van der Waals surface area contributed by atoms with E-state index >= 15 is 0 Å². The van der Waals surface area contributed by atoms with Crippen LogP contribution in [0.4, 0.5) is 13.2 Å². The van der Waals surface area contributed by atoms with Crippen LogP contribution in [0.1, 0.15) is 19.3 Å². The third-order valence-corrected chi connectivity index (χ3v) is 5.03. The summed E-state index contributed by atoms with van der Waals surface area (Å²) in [5.41, 5.74) is 0. The Morgan fingerprint density at radius 1 is 1.32 bits per heavy atom. The van der Waals surface area contributed by atoms with E-state index in [-0.39, 0.29) is 19.1 Å². The van der Waals surface area contributed by atoms with E-state index in [9.17, 15) is 21.6 Å². The van der Waals surface area contributed by atoms with Gasteiger partial charge in [-0.3, -0.25) is 0 Å². The summed E-state index contributed by atoms with van der Waals surface area (Å²) in [6.45, 7) is 0.216. The van der Waals surface area contributed by atoms with Crippen LogP contribution >= 0.6 is 0 Å². The number of hydrogen-bond acceptors (Lipinski definition) is 5. The standard InChI is InChI=1S/C12H16F3N3O3S/c13-12(14,15)4-8-22(19,20)18-7-1-3-10(9-18)21-11-16-5-2-6-17-11/h2,5-6,10H,1,3-4,7-9H2. The van der Waals surface area contributed by atoms with Gasteiger partial charge in [-0.05, 0) is 18.9 Å². The van der Waals surface area contributed by atoms with E-state index in [0.29, 0.717) is 12.8 Å². The number of ether oxygens (including phenoxy) is 1. The average molecular weight is 339 g/mol. The van der Waals surface area contributed by atoms with Crippen LogP contribution < -0.4 is 4.74 Å². The molecule has 0 bridgehead atoms. The van der Waals surface area contributed by atoms with E-state index in [1.165, 1.54) is 12.4 Å². The number of rotatable bonds is 5. The Kier molecular flexibility index (Phi) is 5.22. The molecular weight excluding hydrogens is 323 g/mol. The molecule has 1 fully saturated rings. The molecule has 0 aliphatic carbocycles. The Morgan fingerprint density at radius 3 is 2.64 bits per heavy atom. The monoisotopic (exact) mass is 339 g/mol. The van der Waals surface area contributed by atoms with Crippen molar-refractivity contribution in [1.29, 1.82) is 0 Å². The van der Waals surface area contributed by atoms with Crippen LogP contribution in [0.2, 0.25) is 0 Å². The second kappa shape index (κ2) is 6.78. The first-order valence-corrected chi connectivity index (χ1v) is 8.35. The van der Waals surface area contributed by atoms with E-state index in [0.717, 1.165) is 4.31 Å². The zero-order valence-corrected chi connectivity index (χ0v) is 12.5. The van der Waals surface area contributed by atoms with E-state index in [1.807, 2.05) is 0 Å². The highest BCUT2D eigenvalue weighted by molar-refractivity contribution is 7.89. The maximum absolute atomic E-state index is 12.2. The number of nitrogens with zero attached hydrogens (tertiary/aromatic N) is 3. The molecule has 0 N–H and O–H groups in total. The molecular formula is C12H16F3N3O3S. The lowest BCUT2D eigenvalue weighted by atomic mass is 10.1. The summed E-state index contributed by atoms with van der Waals surface area (Å²) >= 11 is 0. The maximum Gasteiger partial charge on any atom is 0.390 e. The van der Waals surface area contributed by atoms with Crippen LogP contribution in [0.25, 0.3) is 0 Å². The summed E-state index contributed by atoms with van der Waals surface area (Å²) in [5, 5.41) is 0. The first-order valence-electron chi connectivity index (χ1n) is 6.74. The van der Waals surface area contributed by atoms with Gasteiger partial charge in [0.25, 0.3) is 0 Å². The van der Waals surface area contributed by atoms with Crippen LogP contribution in [0.5, 0.6) is 6.01 Å². The minimum atomic E-state index is -4.49. The fourth-order valence-corrected chi connectivity index (χ4v) is 3.67. The lowest BCUT2D eigenvalue weighted by molar-refractivity contribution is -0.130. The van der Waals surface area contributed by atoms with Gasteiger partial charge in [0.15, 0.2) is 0 Å². The molecule has 2 rings (SSSR count). The molecule has 0 radical (unpaired) electrons. The Bertz CT molecular complexity index is 580. The van der Waals surface area contributed by atoms with E-state index in [1.54, 1.807) is 6.07 Å². The van der Waals surface area contributed by atoms with Gasteiger partial charge in [0.1, 0.15) is 6.10 Å². The second-order valence-electron chi connectivity index (χ2n) is 4.95. The van der Waals surface area contributed by atoms with Crippen molar-refractivity contribution >= 4 is 10.0 Å². The predicted molar refractivity (Wildman–Crippen MR) is 71.7 cm³/mol. The molecule has 0 spiro atoms. The van der Waals surface area contributed by atoms with Crippen LogP contribution in [0.3, 0.4) is 0 Å². The van der Waals surface area contributed by atoms with Gasteiger partial charge in [-0.1, -0.05) is 0 Å². The van der Waals surface area contributed by atoms with Crippen LogP contribution in [0.15, 0.2) is 18.5 Å². The quantitative estimate of drug-likeness (QED) is 0.815. The lowest BCUT2D eigenvalue weighted by Gasteiger charge is -2.31. The van der Waals surface area contributed by atoms with Gasteiger partial charge in [-0.25, -0.2) is 18.4 Å². The van der Waals surface area contributed by atoms with Crippen molar-refractivity contribution in [3.63, 3.8) is 0 Å². The van der Waals surface area contributed by atoms with Gasteiger partial charge in [-0.2, -0.15) is 17.5 Å². The highest BCUT2D eigenvalue weighted by Gasteiger charge is 2.35. The molecule has 1 atom stereocenters. The summed E-state index contributed by atoms with van der Waals surface area (Å²) in [6, 6.07) is 1.74. The second-order valence-corrected chi connectivity index (χ2v) is 7.04. The molecule has 1 aliphatic rings. The van der Waals surface area contributed by atoms with Gasteiger partial charge >= 0.3 is 12.2 Å². The highest BCUT2D eigenvalue weighted by Crippen LogP contribution is 2.23. The maximum atomic E-state index is 12.2. The molecule has 6 nitrogen and oxygen atoms in total. The summed E-state index contributed by atoms with van der Waals surface area (Å²) in [5.74, 6) is -0.939. The van der Waals surface area contributed by atoms with E-state index in [2.05, 4.69) is 9.97 Å². The molecule has 0 amide bonds. The van der Waals surface area contributed by atoms with Gasteiger partial charge in [0.05, 0.1) is 18.7 Å². The number of hydrogen-bond donors (Lipinski definition) is 0. The van der Waals surface area contributed by atoms with Crippen molar-refractivity contribution in [2.45, 2.75) is 31.5 Å². The minimum Gasteiger partial charge on any atom is -0.459 e. The molecule has 2 heterocycles. The Morgan fingerprint density at radius 2 is 2.00 bits per heavy atom. The van der Waals surface area contributed by atoms with Crippen molar-refractivity contribution in [1.82, 2.24) is 14.3 Å². The van der Waals surface area contributed by atoms with Crippen molar-refractivity contribution < 1.29 is 26.3 Å². The Labute approximate surface area is 126 Å². The number of aromatic nitrogens is 2. The van der Waals surface area contributed by atoms with Gasteiger partial charge in [0.2, 0.25) is 10.0 Å². The summed E-state index contributed by atoms with van der Waals surface area (Å²) < 4.78 is 67.0. The van der Waals surface area contributed by atoms with Gasteiger partial charge < -0.3 is 4.74 Å². The van der Waals surface area contributed by atoms with E-state index < -0.39 is 34.5 Å². The van der Waals surface area contributed by atoms with Crippen molar-refractivity contribution in [3.05, 3.63) is 18.5 Å². The van der Waals surface area contributed by atoms with Crippen LogP contribution in [-0.2, 0) is 10.0 Å². The number of halogens is 3. The Balaban J connectivity index is 1.95. The molecule has 1 aromatic heterocycles. The van der Waals surface area contributed by atoms with Crippen LogP contribution in [0, 0.1) is 0 Å². The average Bonchev–Trinajstić information content (AvgIpc) is 2.46. The fourth-order valence-electron chi connectivity index (χ4n) is 2.12. The summed E-state index contributed by atoms with van der Waals surface area (Å²) in [6.07, 6.45) is -2.20. The topological polar surface area (TPSA) is 72.4 Å². The van der Waals surface area contributed by atoms with Gasteiger partial charge in [-0.15, -0.1) is 0 Å². The zero-order chi connectivity index (χ0) is 16.2. The molecule has 0 saturated carbocycles. The number of piperidine rings is 1. The summed E-state index contributed by atoms with van der Waals surface area (Å²) in [7, 11) is -3.95. The summed E-state index contributed by atoms with van der Waals surface area (Å²) in [4.78, 5) is 7.76. The smallest absolute Gasteiger partial charge is 0.390 e. The molecule has 0 aromatic carbocycles. The first kappa shape index (κ1) is 16.9. The number of alkyl halides is 3. The zero-order valence-electron chi connectivity index (χ0n) is 11.7. The first-order chi connectivity index (χ1) is 10.3. The molecule has 1 aromatic rings. The molecule has 1 aliphatic heterocycles. The van der Waals surface area contributed by atoms with E-state index in [4.69, 9.17) is 4.74 Å². The SMILES string of the molecule is O=S(=O)(CCC(F)(F)F)N1CCCC(Oc2ncccn2)C1. The molecule has 1 saturated heterocycles. The molecule has 10 heteroatoms. The Hall–Kier alpha value is -1.42. The van der Waals surface area contributed by atoms with Crippen molar-refractivity contribution in [3.8, 4) is 6.01 Å². The van der Waals surface area contributed by atoms with Gasteiger partial charge in [0, 0.05) is 18.9 Å². The molecule has 124 valence electrons. The normalized spacial score (nSPS) is 20.8. The largest absolute Gasteiger partial charge is 0.459 e. The van der Waals surface area contributed by atoms with Crippen LogP contribution in [-0.4, -0.2) is 53.8 Å². The lowest BCUT2D eigenvalue weighted by Crippen LogP contribution is -2.45.